The van der Waals surface area contributed by atoms with Crippen LogP contribution in [0.1, 0.15) is 29.3 Å². The van der Waals surface area contributed by atoms with Crippen molar-refractivity contribution in [2.45, 2.75) is 32.0 Å². The van der Waals surface area contributed by atoms with Gasteiger partial charge < -0.3 is 9.47 Å². The Kier molecular flexibility index (Phi) is 4.07. The van der Waals surface area contributed by atoms with Crippen LogP contribution in [0.2, 0.25) is 0 Å². The second kappa shape index (κ2) is 6.44. The number of hydrogen-bond donors (Lipinski definition) is 1. The van der Waals surface area contributed by atoms with Gasteiger partial charge in [0, 0.05) is 35.4 Å². The van der Waals surface area contributed by atoms with Gasteiger partial charge in [-0.25, -0.2) is 0 Å². The Morgan fingerprint density at radius 2 is 2.04 bits per heavy atom. The number of nitrogens with one attached hydrogen (secondary N) is 1. The first-order valence-corrected chi connectivity index (χ1v) is 10.6. The van der Waals surface area contributed by atoms with E-state index in [0.29, 0.717) is 6.04 Å². The van der Waals surface area contributed by atoms with Crippen LogP contribution in [-0.4, -0.2) is 20.9 Å². The Hall–Kier alpha value is -1.76. The van der Waals surface area contributed by atoms with Crippen LogP contribution in [0.15, 0.2) is 41.8 Å². The van der Waals surface area contributed by atoms with Crippen molar-refractivity contribution in [2.75, 3.05) is 6.54 Å². The van der Waals surface area contributed by atoms with Gasteiger partial charge >= 0.3 is 0 Å². The van der Waals surface area contributed by atoms with Crippen LogP contribution in [0.25, 0.3) is 11.4 Å². The fraction of sp³-hybridized carbons (Fsp3) is 0.400. The lowest BCUT2D eigenvalue weighted by atomic mass is 9.96. The lowest BCUT2D eigenvalue weighted by Crippen LogP contribution is -3.13. The lowest BCUT2D eigenvalue weighted by Gasteiger charge is -2.32. The predicted octanol–water partition coefficient (Wildman–Crippen LogP) is 3.23. The number of nitrogens with zero attached hydrogens (tertiary/aromatic N) is 3. The molecule has 0 spiro atoms. The summed E-state index contributed by atoms with van der Waals surface area (Å²) in [5, 5.41) is 7.16. The van der Waals surface area contributed by atoms with Gasteiger partial charge in [-0.2, -0.15) is 4.68 Å². The van der Waals surface area contributed by atoms with E-state index in [1.54, 1.807) is 15.3 Å². The molecule has 1 aromatic carbocycles. The van der Waals surface area contributed by atoms with E-state index in [1.807, 2.05) is 33.7 Å². The summed E-state index contributed by atoms with van der Waals surface area (Å²) >= 11 is 7.64. The van der Waals surface area contributed by atoms with E-state index >= 15 is 0 Å². The first-order chi connectivity index (χ1) is 12.7. The summed E-state index contributed by atoms with van der Waals surface area (Å²) in [6, 6.07) is 13.3. The van der Waals surface area contributed by atoms with E-state index in [-0.39, 0.29) is 0 Å². The minimum absolute atomic E-state index is 0.620. The molecule has 1 aliphatic carbocycles. The molecule has 2 aromatic heterocycles. The minimum atomic E-state index is 0.620. The molecule has 2 aliphatic rings. The molecule has 1 unspecified atom stereocenters. The van der Waals surface area contributed by atoms with Crippen LogP contribution in [0.5, 0.6) is 0 Å². The standard InChI is InChI=1S/C20H22N4S2/c1-22-19(15-5-3-2-4-6-15)21-24(20(22)25)13-23-11-9-17-16(10-12-26-17)18(23)14-7-8-14/h2-6,10,12,14,18H,7-9,11,13H2,1H3/p+1/t18-/m0/s1. The molecule has 1 saturated carbocycles. The molecule has 0 amide bonds. The van der Waals surface area contributed by atoms with Crippen molar-refractivity contribution < 1.29 is 4.90 Å². The van der Waals surface area contributed by atoms with Crippen molar-refractivity contribution >= 4 is 23.6 Å². The second-order valence-corrected chi connectivity index (χ2v) is 8.83. The van der Waals surface area contributed by atoms with E-state index in [2.05, 4.69) is 35.7 Å². The van der Waals surface area contributed by atoms with Gasteiger partial charge in [-0.3, -0.25) is 0 Å². The van der Waals surface area contributed by atoms with E-state index < -0.39 is 0 Å². The normalized spacial score (nSPS) is 22.3. The van der Waals surface area contributed by atoms with Gasteiger partial charge in [0.1, 0.15) is 6.04 Å². The number of fused-ring (bicyclic) bond motifs is 1. The maximum Gasteiger partial charge on any atom is 0.202 e. The molecular formula is C20H23N4S2+. The zero-order valence-corrected chi connectivity index (χ0v) is 16.5. The molecule has 0 bridgehead atoms. The summed E-state index contributed by atoms with van der Waals surface area (Å²) in [4.78, 5) is 3.22. The van der Waals surface area contributed by atoms with Crippen molar-refractivity contribution in [1.82, 2.24) is 14.3 Å². The molecule has 134 valence electrons. The van der Waals surface area contributed by atoms with Crippen LogP contribution < -0.4 is 4.90 Å². The fourth-order valence-corrected chi connectivity index (χ4v) is 5.42. The third-order valence-electron chi connectivity index (χ3n) is 5.75. The molecule has 26 heavy (non-hydrogen) atoms. The average Bonchev–Trinajstić information content (AvgIpc) is 3.33. The molecule has 2 atom stereocenters. The summed E-state index contributed by atoms with van der Waals surface area (Å²) in [7, 11) is 2.02. The number of benzene rings is 1. The van der Waals surface area contributed by atoms with Gasteiger partial charge in [0.05, 0.1) is 6.54 Å². The van der Waals surface area contributed by atoms with E-state index in [1.165, 1.54) is 25.8 Å². The molecule has 6 heteroatoms. The summed E-state index contributed by atoms with van der Waals surface area (Å²) in [6.45, 7) is 2.03. The molecule has 0 radical (unpaired) electrons. The maximum atomic E-state index is 5.72. The van der Waals surface area contributed by atoms with Gasteiger partial charge in [0.2, 0.25) is 4.77 Å². The molecule has 3 heterocycles. The van der Waals surface area contributed by atoms with Crippen LogP contribution in [0, 0.1) is 10.7 Å². The van der Waals surface area contributed by atoms with Gasteiger partial charge in [-0.1, -0.05) is 30.3 Å². The number of thiophene rings is 1. The highest BCUT2D eigenvalue weighted by Crippen LogP contribution is 2.42. The number of rotatable bonds is 4. The number of quaternary nitrogens is 1. The molecule has 4 nitrogen and oxygen atoms in total. The second-order valence-electron chi connectivity index (χ2n) is 7.46. The SMILES string of the molecule is Cn1c(-c2ccccc2)nn(C[NH+]2CCc3sccc3[C@@H]2C2CC2)c1=S. The van der Waals surface area contributed by atoms with Crippen LogP contribution in [-0.2, 0) is 20.1 Å². The molecule has 5 rings (SSSR count). The monoisotopic (exact) mass is 383 g/mol. The Balaban J connectivity index is 1.47. The molecule has 3 aromatic rings. The largest absolute Gasteiger partial charge is 0.310 e. The molecule has 1 N–H and O–H groups in total. The van der Waals surface area contributed by atoms with Crippen molar-refractivity contribution in [2.24, 2.45) is 13.0 Å². The lowest BCUT2D eigenvalue weighted by molar-refractivity contribution is -0.958. The minimum Gasteiger partial charge on any atom is -0.310 e. The topological polar surface area (TPSA) is 27.2 Å². The van der Waals surface area contributed by atoms with E-state index in [4.69, 9.17) is 17.3 Å². The maximum absolute atomic E-state index is 5.72. The first kappa shape index (κ1) is 16.4. The highest BCUT2D eigenvalue weighted by Gasteiger charge is 2.43. The number of hydrogen-bond acceptors (Lipinski definition) is 3. The van der Waals surface area contributed by atoms with E-state index in [9.17, 15) is 0 Å². The van der Waals surface area contributed by atoms with Crippen molar-refractivity contribution in [1.29, 1.82) is 0 Å². The predicted molar refractivity (Wildman–Crippen MR) is 107 cm³/mol. The molecular weight excluding hydrogens is 360 g/mol. The molecule has 1 aliphatic heterocycles. The zero-order valence-electron chi connectivity index (χ0n) is 14.9. The Labute approximate surface area is 162 Å². The fourth-order valence-electron chi connectivity index (χ4n) is 4.30. The van der Waals surface area contributed by atoms with Gasteiger partial charge in [0.25, 0.3) is 0 Å². The van der Waals surface area contributed by atoms with Crippen LogP contribution >= 0.6 is 23.6 Å². The first-order valence-electron chi connectivity index (χ1n) is 9.32. The highest BCUT2D eigenvalue weighted by molar-refractivity contribution is 7.71. The van der Waals surface area contributed by atoms with E-state index in [0.717, 1.165) is 28.7 Å². The van der Waals surface area contributed by atoms with Crippen LogP contribution in [0.4, 0.5) is 0 Å². The number of aromatic nitrogens is 3. The molecule has 1 fully saturated rings. The average molecular weight is 384 g/mol. The third kappa shape index (κ3) is 2.76. The summed E-state index contributed by atoms with van der Waals surface area (Å²) in [6.07, 6.45) is 3.91. The van der Waals surface area contributed by atoms with Crippen LogP contribution in [0.3, 0.4) is 0 Å². The van der Waals surface area contributed by atoms with Crippen molar-refractivity contribution in [3.05, 3.63) is 57.0 Å². The van der Waals surface area contributed by atoms with Gasteiger partial charge in [-0.05, 0) is 36.5 Å². The van der Waals surface area contributed by atoms with Gasteiger partial charge in [-0.15, -0.1) is 16.4 Å². The Morgan fingerprint density at radius 1 is 1.23 bits per heavy atom. The summed E-state index contributed by atoms with van der Waals surface area (Å²) in [5.74, 6) is 1.79. The summed E-state index contributed by atoms with van der Waals surface area (Å²) < 4.78 is 4.89. The third-order valence-corrected chi connectivity index (χ3v) is 7.23. The summed E-state index contributed by atoms with van der Waals surface area (Å²) in [5.41, 5.74) is 2.71. The Morgan fingerprint density at radius 3 is 2.81 bits per heavy atom. The Bertz CT molecular complexity index is 981. The molecule has 0 saturated heterocycles. The smallest absolute Gasteiger partial charge is 0.202 e. The van der Waals surface area contributed by atoms with Gasteiger partial charge in [0.15, 0.2) is 12.5 Å². The van der Waals surface area contributed by atoms with Crippen molar-refractivity contribution in [3.8, 4) is 11.4 Å². The van der Waals surface area contributed by atoms with Crippen molar-refractivity contribution in [3.63, 3.8) is 0 Å². The quantitative estimate of drug-likeness (QED) is 0.701. The zero-order chi connectivity index (χ0) is 17.7. The highest BCUT2D eigenvalue weighted by atomic mass is 32.1.